The third-order valence-corrected chi connectivity index (χ3v) is 10.8. The molecule has 11 rings (SSSR count). The van der Waals surface area contributed by atoms with E-state index in [1.165, 1.54) is 76.5 Å². The molecular weight excluding hydrogens is 617 g/mol. The zero-order valence-electron chi connectivity index (χ0n) is 27.7. The standard InChI is InChI=1S/C50H30O/c1-2-14-33-28-37(25-24-31(33)12-1)47-42-22-9-7-20-40(42)46(41-21-8-10-23-43(41)47)36-17-11-16-34(29-36)45-30-35-15-4-6-19-39(35)50-48(45)44-27-26-32-13-3-5-18-38(32)49(44)51-50/h1-30H. The summed E-state index contributed by atoms with van der Waals surface area (Å²) in [6.45, 7) is 0. The van der Waals surface area contributed by atoms with Gasteiger partial charge >= 0.3 is 0 Å². The molecule has 0 spiro atoms. The first kappa shape index (κ1) is 28.2. The van der Waals surface area contributed by atoms with E-state index in [-0.39, 0.29) is 0 Å². The fourth-order valence-electron chi connectivity index (χ4n) is 8.50. The minimum absolute atomic E-state index is 0.940. The lowest BCUT2D eigenvalue weighted by molar-refractivity contribution is 0.676. The molecule has 0 saturated carbocycles. The fraction of sp³-hybridized carbons (Fsp3) is 0. The highest BCUT2D eigenvalue weighted by molar-refractivity contribution is 6.25. The van der Waals surface area contributed by atoms with Gasteiger partial charge in [0.25, 0.3) is 0 Å². The van der Waals surface area contributed by atoms with Gasteiger partial charge in [0.05, 0.1) is 0 Å². The average Bonchev–Trinajstić information content (AvgIpc) is 3.60. The Morgan fingerprint density at radius 2 is 0.784 bits per heavy atom. The van der Waals surface area contributed by atoms with Crippen molar-refractivity contribution in [3.05, 3.63) is 182 Å². The van der Waals surface area contributed by atoms with E-state index in [1.54, 1.807) is 0 Å². The van der Waals surface area contributed by atoms with Gasteiger partial charge in [0.15, 0.2) is 0 Å². The maximum atomic E-state index is 6.85. The van der Waals surface area contributed by atoms with Crippen LogP contribution in [0.1, 0.15) is 0 Å². The van der Waals surface area contributed by atoms with Gasteiger partial charge in [-0.1, -0.05) is 158 Å². The molecule has 1 nitrogen and oxygen atoms in total. The Kier molecular flexibility index (Phi) is 6.02. The van der Waals surface area contributed by atoms with Gasteiger partial charge in [-0.15, -0.1) is 0 Å². The van der Waals surface area contributed by atoms with E-state index in [0.29, 0.717) is 0 Å². The van der Waals surface area contributed by atoms with Crippen LogP contribution in [0.2, 0.25) is 0 Å². The number of hydrogen-bond donors (Lipinski definition) is 0. The van der Waals surface area contributed by atoms with Crippen molar-refractivity contribution in [2.45, 2.75) is 0 Å². The Hall–Kier alpha value is -6.70. The van der Waals surface area contributed by atoms with E-state index in [4.69, 9.17) is 4.42 Å². The molecule has 1 heterocycles. The number of hydrogen-bond acceptors (Lipinski definition) is 1. The van der Waals surface area contributed by atoms with Crippen LogP contribution in [0.25, 0.3) is 109 Å². The monoisotopic (exact) mass is 646 g/mol. The molecule has 0 bridgehead atoms. The largest absolute Gasteiger partial charge is 0.455 e. The predicted molar refractivity (Wildman–Crippen MR) is 218 cm³/mol. The third kappa shape index (κ3) is 4.22. The lowest BCUT2D eigenvalue weighted by Crippen LogP contribution is -1.91. The van der Waals surface area contributed by atoms with Crippen molar-refractivity contribution in [2.75, 3.05) is 0 Å². The van der Waals surface area contributed by atoms with E-state index >= 15 is 0 Å². The molecule has 10 aromatic carbocycles. The number of fused-ring (bicyclic) bond motifs is 10. The van der Waals surface area contributed by atoms with Gasteiger partial charge in [-0.25, -0.2) is 0 Å². The molecule has 11 aromatic rings. The van der Waals surface area contributed by atoms with Gasteiger partial charge in [0, 0.05) is 21.5 Å². The van der Waals surface area contributed by atoms with Crippen molar-refractivity contribution < 1.29 is 4.42 Å². The maximum Gasteiger partial charge on any atom is 0.143 e. The SMILES string of the molecule is c1cc(-c2c3ccccc3c(-c3ccc4ccccc4c3)c3ccccc23)cc(-c2cc3ccccc3c3oc4c5ccccc5ccc4c23)c1. The lowest BCUT2D eigenvalue weighted by atomic mass is 9.85. The van der Waals surface area contributed by atoms with Crippen LogP contribution in [0.5, 0.6) is 0 Å². The highest BCUT2D eigenvalue weighted by atomic mass is 16.3. The number of rotatable bonds is 3. The van der Waals surface area contributed by atoms with Crippen LogP contribution in [0.3, 0.4) is 0 Å². The summed E-state index contributed by atoms with van der Waals surface area (Å²) in [6.07, 6.45) is 0. The zero-order chi connectivity index (χ0) is 33.5. The van der Waals surface area contributed by atoms with Crippen molar-refractivity contribution in [1.29, 1.82) is 0 Å². The Morgan fingerprint density at radius 3 is 1.47 bits per heavy atom. The molecule has 0 aliphatic carbocycles. The zero-order valence-corrected chi connectivity index (χ0v) is 27.7. The summed E-state index contributed by atoms with van der Waals surface area (Å²) in [5.41, 5.74) is 9.21. The molecule has 0 fully saturated rings. The average molecular weight is 647 g/mol. The van der Waals surface area contributed by atoms with E-state index in [0.717, 1.165) is 32.7 Å². The molecule has 0 aliphatic rings. The van der Waals surface area contributed by atoms with Crippen LogP contribution in [0, 0.1) is 0 Å². The summed E-state index contributed by atoms with van der Waals surface area (Å²) in [5.74, 6) is 0. The molecule has 0 saturated heterocycles. The van der Waals surface area contributed by atoms with Crippen molar-refractivity contribution in [3.8, 4) is 33.4 Å². The second-order valence-electron chi connectivity index (χ2n) is 13.6. The third-order valence-electron chi connectivity index (χ3n) is 10.8. The molecule has 1 aromatic heterocycles. The highest BCUT2D eigenvalue weighted by Crippen LogP contribution is 2.47. The van der Waals surface area contributed by atoms with Crippen LogP contribution in [0.4, 0.5) is 0 Å². The number of benzene rings is 10. The summed E-state index contributed by atoms with van der Waals surface area (Å²) in [7, 11) is 0. The predicted octanol–water partition coefficient (Wildman–Crippen LogP) is 14.4. The second-order valence-corrected chi connectivity index (χ2v) is 13.6. The summed E-state index contributed by atoms with van der Waals surface area (Å²) in [5, 5.41) is 14.5. The Balaban J connectivity index is 1.19. The van der Waals surface area contributed by atoms with Crippen molar-refractivity contribution in [3.63, 3.8) is 0 Å². The summed E-state index contributed by atoms with van der Waals surface area (Å²) < 4.78 is 6.85. The van der Waals surface area contributed by atoms with Crippen LogP contribution in [0.15, 0.2) is 186 Å². The van der Waals surface area contributed by atoms with Gasteiger partial charge in [-0.2, -0.15) is 0 Å². The Bertz CT molecular complexity index is 3140. The smallest absolute Gasteiger partial charge is 0.143 e. The molecule has 0 radical (unpaired) electrons. The maximum absolute atomic E-state index is 6.85. The molecule has 1 heteroatoms. The van der Waals surface area contributed by atoms with Crippen LogP contribution >= 0.6 is 0 Å². The van der Waals surface area contributed by atoms with Crippen molar-refractivity contribution in [1.82, 2.24) is 0 Å². The van der Waals surface area contributed by atoms with Crippen molar-refractivity contribution in [2.24, 2.45) is 0 Å². The molecule has 51 heavy (non-hydrogen) atoms. The van der Waals surface area contributed by atoms with E-state index in [2.05, 4.69) is 182 Å². The van der Waals surface area contributed by atoms with Crippen LogP contribution < -0.4 is 0 Å². The minimum Gasteiger partial charge on any atom is -0.455 e. The van der Waals surface area contributed by atoms with E-state index < -0.39 is 0 Å². The van der Waals surface area contributed by atoms with E-state index in [9.17, 15) is 0 Å². The molecular formula is C50H30O. The van der Waals surface area contributed by atoms with Gasteiger partial charge in [-0.3, -0.25) is 0 Å². The van der Waals surface area contributed by atoms with Crippen LogP contribution in [-0.4, -0.2) is 0 Å². The second kappa shape index (κ2) is 10.9. The molecule has 0 aliphatic heterocycles. The first-order valence-corrected chi connectivity index (χ1v) is 17.6. The number of furan rings is 1. The fourth-order valence-corrected chi connectivity index (χ4v) is 8.50. The molecule has 0 amide bonds. The van der Waals surface area contributed by atoms with Crippen molar-refractivity contribution >= 4 is 75.8 Å². The summed E-state index contributed by atoms with van der Waals surface area (Å²) in [4.78, 5) is 0. The van der Waals surface area contributed by atoms with Gasteiger partial charge < -0.3 is 4.42 Å². The highest BCUT2D eigenvalue weighted by Gasteiger charge is 2.20. The summed E-state index contributed by atoms with van der Waals surface area (Å²) >= 11 is 0. The van der Waals surface area contributed by atoms with Gasteiger partial charge in [0.2, 0.25) is 0 Å². The molecule has 0 N–H and O–H groups in total. The normalized spacial score (nSPS) is 11.9. The van der Waals surface area contributed by atoms with E-state index in [1.807, 2.05) is 0 Å². The minimum atomic E-state index is 0.940. The lowest BCUT2D eigenvalue weighted by Gasteiger charge is -2.18. The molecule has 236 valence electrons. The molecule has 0 atom stereocenters. The summed E-state index contributed by atoms with van der Waals surface area (Å²) in [6, 6.07) is 66.3. The van der Waals surface area contributed by atoms with Crippen LogP contribution in [-0.2, 0) is 0 Å². The first-order chi connectivity index (χ1) is 25.3. The Morgan fingerprint density at radius 1 is 0.275 bits per heavy atom. The quantitative estimate of drug-likeness (QED) is 0.174. The molecule has 0 unspecified atom stereocenters. The Labute approximate surface area is 294 Å². The van der Waals surface area contributed by atoms with Gasteiger partial charge in [-0.05, 0) is 101 Å². The topological polar surface area (TPSA) is 13.1 Å². The first-order valence-electron chi connectivity index (χ1n) is 17.6. The van der Waals surface area contributed by atoms with Gasteiger partial charge in [0.1, 0.15) is 11.2 Å².